The van der Waals surface area contributed by atoms with E-state index < -0.39 is 29.2 Å². The first-order valence-corrected chi connectivity index (χ1v) is 7.18. The Morgan fingerprint density at radius 1 is 1.43 bits per heavy atom. The number of aliphatic hydroxyl groups excluding tert-OH is 1. The van der Waals surface area contributed by atoms with Crippen molar-refractivity contribution in [2.75, 3.05) is 0 Å². The first kappa shape index (κ1) is 16.3. The smallest absolute Gasteiger partial charge is 0.392 e. The van der Waals surface area contributed by atoms with Crippen LogP contribution < -0.4 is 5.32 Å². The Morgan fingerprint density at radius 3 is 2.52 bits per heavy atom. The molecule has 21 heavy (non-hydrogen) atoms. The summed E-state index contributed by atoms with van der Waals surface area (Å²) >= 11 is 2.83. The van der Waals surface area contributed by atoms with Crippen molar-refractivity contribution < 1.29 is 23.1 Å². The molecule has 1 saturated carbocycles. The van der Waals surface area contributed by atoms with Gasteiger partial charge in [0, 0.05) is 21.5 Å². The Kier molecular flexibility index (Phi) is 4.10. The lowest BCUT2D eigenvalue weighted by Gasteiger charge is -2.49. The standard InChI is InChI=1S/C14H15BrF3NO2/c1-13(2)10(6-11(13)20)19-12(21)7-3-4-9(15)8(5-7)14(16,17)18/h3-5,10-11,20H,6H2,1-2H3,(H,19,21). The van der Waals surface area contributed by atoms with Gasteiger partial charge in [-0.25, -0.2) is 0 Å². The number of carbonyl (C=O) groups excluding carboxylic acids is 1. The summed E-state index contributed by atoms with van der Waals surface area (Å²) in [6.07, 6.45) is -4.64. The van der Waals surface area contributed by atoms with Crippen molar-refractivity contribution in [2.24, 2.45) is 5.41 Å². The van der Waals surface area contributed by atoms with E-state index in [2.05, 4.69) is 21.2 Å². The number of halogens is 4. The van der Waals surface area contributed by atoms with Crippen LogP contribution >= 0.6 is 15.9 Å². The number of aliphatic hydroxyl groups is 1. The molecular weight excluding hydrogens is 351 g/mol. The Balaban J connectivity index is 2.18. The van der Waals surface area contributed by atoms with Crippen molar-refractivity contribution in [1.82, 2.24) is 5.32 Å². The van der Waals surface area contributed by atoms with Gasteiger partial charge >= 0.3 is 6.18 Å². The Labute approximate surface area is 128 Å². The van der Waals surface area contributed by atoms with E-state index in [0.29, 0.717) is 6.42 Å². The Bertz CT molecular complexity index is 572. The number of hydrogen-bond donors (Lipinski definition) is 2. The quantitative estimate of drug-likeness (QED) is 0.844. The van der Waals surface area contributed by atoms with Crippen LogP contribution in [0.2, 0.25) is 0 Å². The third-order valence-corrected chi connectivity index (χ3v) is 4.75. The molecule has 2 rings (SSSR count). The van der Waals surface area contributed by atoms with Crippen molar-refractivity contribution in [3.8, 4) is 0 Å². The van der Waals surface area contributed by atoms with Crippen LogP contribution in [0.15, 0.2) is 22.7 Å². The van der Waals surface area contributed by atoms with Crippen molar-refractivity contribution >= 4 is 21.8 Å². The Hall–Kier alpha value is -1.08. The van der Waals surface area contributed by atoms with E-state index in [1.807, 2.05) is 0 Å². The van der Waals surface area contributed by atoms with Gasteiger partial charge in [-0.15, -0.1) is 0 Å². The average molecular weight is 366 g/mol. The van der Waals surface area contributed by atoms with Crippen LogP contribution in [-0.4, -0.2) is 23.2 Å². The van der Waals surface area contributed by atoms with Crippen LogP contribution in [0.25, 0.3) is 0 Å². The fourth-order valence-corrected chi connectivity index (χ4v) is 2.74. The highest BCUT2D eigenvalue weighted by molar-refractivity contribution is 9.10. The lowest BCUT2D eigenvalue weighted by Crippen LogP contribution is -2.61. The maximum atomic E-state index is 12.8. The highest BCUT2D eigenvalue weighted by atomic mass is 79.9. The highest BCUT2D eigenvalue weighted by Crippen LogP contribution is 2.40. The zero-order valence-corrected chi connectivity index (χ0v) is 13.0. The first-order chi connectivity index (χ1) is 9.53. The zero-order valence-electron chi connectivity index (χ0n) is 11.5. The van der Waals surface area contributed by atoms with Crippen molar-refractivity contribution in [3.05, 3.63) is 33.8 Å². The maximum Gasteiger partial charge on any atom is 0.417 e. The van der Waals surface area contributed by atoms with Crippen LogP contribution in [-0.2, 0) is 6.18 Å². The van der Waals surface area contributed by atoms with E-state index in [4.69, 9.17) is 0 Å². The molecule has 1 amide bonds. The molecule has 1 aliphatic carbocycles. The second kappa shape index (κ2) is 5.28. The number of alkyl halides is 3. The average Bonchev–Trinajstić information content (AvgIpc) is 2.37. The summed E-state index contributed by atoms with van der Waals surface area (Å²) < 4.78 is 38.3. The molecule has 2 unspecified atom stereocenters. The molecule has 0 radical (unpaired) electrons. The summed E-state index contributed by atoms with van der Waals surface area (Å²) in [7, 11) is 0. The fourth-order valence-electron chi connectivity index (χ4n) is 2.27. The molecule has 1 fully saturated rings. The van der Waals surface area contributed by atoms with Gasteiger partial charge in [0.05, 0.1) is 11.7 Å². The van der Waals surface area contributed by atoms with Crippen molar-refractivity contribution in [1.29, 1.82) is 0 Å². The topological polar surface area (TPSA) is 49.3 Å². The normalized spacial score (nSPS) is 24.3. The summed E-state index contributed by atoms with van der Waals surface area (Å²) in [5.41, 5.74) is -1.41. The van der Waals surface area contributed by atoms with E-state index in [1.165, 1.54) is 12.1 Å². The minimum absolute atomic E-state index is 0.0530. The van der Waals surface area contributed by atoms with Gasteiger partial charge in [-0.3, -0.25) is 4.79 Å². The number of benzene rings is 1. The second-order valence-electron chi connectivity index (χ2n) is 5.79. The largest absolute Gasteiger partial charge is 0.417 e. The molecule has 3 nitrogen and oxygen atoms in total. The number of rotatable bonds is 2. The summed E-state index contributed by atoms with van der Waals surface area (Å²) in [5, 5.41) is 12.3. The number of carbonyl (C=O) groups is 1. The van der Waals surface area contributed by atoms with Crippen LogP contribution in [0.4, 0.5) is 13.2 Å². The molecule has 0 bridgehead atoms. The van der Waals surface area contributed by atoms with Crippen molar-refractivity contribution in [2.45, 2.75) is 38.6 Å². The summed E-state index contributed by atoms with van der Waals surface area (Å²) in [6.45, 7) is 3.60. The van der Waals surface area contributed by atoms with Gasteiger partial charge in [0.25, 0.3) is 5.91 Å². The van der Waals surface area contributed by atoms with Gasteiger partial charge in [-0.1, -0.05) is 29.8 Å². The minimum atomic E-state index is -4.53. The summed E-state index contributed by atoms with van der Waals surface area (Å²) in [6, 6.07) is 3.11. The monoisotopic (exact) mass is 365 g/mol. The van der Waals surface area contributed by atoms with Crippen LogP contribution in [0.5, 0.6) is 0 Å². The number of hydrogen-bond acceptors (Lipinski definition) is 2. The third-order valence-electron chi connectivity index (χ3n) is 4.06. The van der Waals surface area contributed by atoms with E-state index >= 15 is 0 Å². The fraction of sp³-hybridized carbons (Fsp3) is 0.500. The molecule has 0 aromatic heterocycles. The van der Waals surface area contributed by atoms with Gasteiger partial charge in [0.15, 0.2) is 0 Å². The van der Waals surface area contributed by atoms with E-state index in [9.17, 15) is 23.1 Å². The SMILES string of the molecule is CC1(C)C(O)CC1NC(=O)c1ccc(Br)c(C(F)(F)F)c1. The molecule has 116 valence electrons. The summed E-state index contributed by atoms with van der Waals surface area (Å²) in [4.78, 5) is 12.1. The van der Waals surface area contributed by atoms with E-state index in [0.717, 1.165) is 6.07 Å². The molecule has 0 saturated heterocycles. The van der Waals surface area contributed by atoms with Crippen LogP contribution in [0.3, 0.4) is 0 Å². The van der Waals surface area contributed by atoms with Gasteiger partial charge in [0.1, 0.15) is 0 Å². The zero-order chi connectivity index (χ0) is 16.0. The van der Waals surface area contributed by atoms with Crippen LogP contribution in [0, 0.1) is 5.41 Å². The van der Waals surface area contributed by atoms with E-state index in [-0.39, 0.29) is 16.1 Å². The minimum Gasteiger partial charge on any atom is -0.392 e. The Morgan fingerprint density at radius 2 is 2.05 bits per heavy atom. The number of amides is 1. The van der Waals surface area contributed by atoms with Gasteiger partial charge in [-0.05, 0) is 24.6 Å². The molecule has 1 aromatic rings. The predicted molar refractivity (Wildman–Crippen MR) is 74.8 cm³/mol. The molecule has 0 heterocycles. The molecule has 2 N–H and O–H groups in total. The molecule has 0 spiro atoms. The van der Waals surface area contributed by atoms with Gasteiger partial charge in [0.2, 0.25) is 0 Å². The lowest BCUT2D eigenvalue weighted by atomic mass is 9.64. The molecule has 0 aliphatic heterocycles. The van der Waals surface area contributed by atoms with Gasteiger partial charge in [-0.2, -0.15) is 13.2 Å². The van der Waals surface area contributed by atoms with Crippen molar-refractivity contribution in [3.63, 3.8) is 0 Å². The summed E-state index contributed by atoms with van der Waals surface area (Å²) in [5.74, 6) is -0.571. The van der Waals surface area contributed by atoms with E-state index in [1.54, 1.807) is 13.8 Å². The first-order valence-electron chi connectivity index (χ1n) is 6.39. The second-order valence-corrected chi connectivity index (χ2v) is 6.65. The maximum absolute atomic E-state index is 12.8. The highest BCUT2D eigenvalue weighted by Gasteiger charge is 2.48. The molecule has 2 atom stereocenters. The predicted octanol–water partition coefficient (Wildman–Crippen LogP) is 3.36. The number of nitrogens with one attached hydrogen (secondary N) is 1. The molecular formula is C14H15BrF3NO2. The molecule has 7 heteroatoms. The molecule has 1 aromatic carbocycles. The third kappa shape index (κ3) is 3.08. The lowest BCUT2D eigenvalue weighted by molar-refractivity contribution is -0.138. The van der Waals surface area contributed by atoms with Crippen LogP contribution in [0.1, 0.15) is 36.2 Å². The van der Waals surface area contributed by atoms with Gasteiger partial charge < -0.3 is 10.4 Å². The molecule has 1 aliphatic rings.